The summed E-state index contributed by atoms with van der Waals surface area (Å²) in [5, 5.41) is 35.6. The Kier molecular flexibility index (Phi) is 16.2. The molecule has 0 bridgehead atoms. The van der Waals surface area contributed by atoms with Gasteiger partial charge in [0.05, 0.1) is 39.7 Å². The van der Waals surface area contributed by atoms with E-state index >= 15 is 0 Å². The third-order valence-corrected chi connectivity index (χ3v) is 8.84. The molecular formula is C36H49F6N11O5. The summed E-state index contributed by atoms with van der Waals surface area (Å²) in [6.45, 7) is 3.86. The largest absolute Gasteiger partial charge is 0.485 e. The van der Waals surface area contributed by atoms with Gasteiger partial charge in [0.2, 0.25) is 11.8 Å². The van der Waals surface area contributed by atoms with Crippen LogP contribution >= 0.6 is 0 Å². The molecule has 4 amide bonds. The molecule has 2 aromatic carbocycles. The Labute approximate surface area is 330 Å². The van der Waals surface area contributed by atoms with Gasteiger partial charge in [0, 0.05) is 39.0 Å². The lowest BCUT2D eigenvalue weighted by Gasteiger charge is -2.24. The zero-order valence-electron chi connectivity index (χ0n) is 31.7. The number of carbonyl (C=O) groups excluding carboxylic acids is 3. The highest BCUT2D eigenvalue weighted by atomic mass is 19.4. The number of alkyl halides is 6. The Hall–Kier alpha value is -5.51. The van der Waals surface area contributed by atoms with Crippen molar-refractivity contribution in [1.29, 1.82) is 10.8 Å². The molecule has 2 fully saturated rings. The van der Waals surface area contributed by atoms with Crippen molar-refractivity contribution >= 4 is 52.4 Å². The third kappa shape index (κ3) is 14.5. The number of amides is 4. The molecule has 2 aliphatic rings. The first-order valence-electron chi connectivity index (χ1n) is 18.7. The van der Waals surface area contributed by atoms with E-state index in [1.54, 1.807) is 6.92 Å². The Morgan fingerprint density at radius 3 is 1.43 bits per heavy atom. The number of amidine groups is 1. The molecular weight excluding hydrogens is 780 g/mol. The Balaban J connectivity index is 1.68. The van der Waals surface area contributed by atoms with E-state index in [2.05, 4.69) is 42.5 Å². The van der Waals surface area contributed by atoms with Crippen molar-refractivity contribution < 1.29 is 50.2 Å². The zero-order valence-corrected chi connectivity index (χ0v) is 31.7. The van der Waals surface area contributed by atoms with E-state index in [0.29, 0.717) is 89.1 Å². The maximum atomic E-state index is 14.3. The lowest BCUT2D eigenvalue weighted by molar-refractivity contribution is -0.138. The van der Waals surface area contributed by atoms with Crippen LogP contribution in [0.15, 0.2) is 24.3 Å². The predicted molar refractivity (Wildman–Crippen MR) is 206 cm³/mol. The van der Waals surface area contributed by atoms with Crippen molar-refractivity contribution in [1.82, 2.24) is 21.3 Å². The van der Waals surface area contributed by atoms with Crippen molar-refractivity contribution in [3.05, 3.63) is 35.4 Å². The summed E-state index contributed by atoms with van der Waals surface area (Å²) in [4.78, 5) is 39.6. The Bertz CT molecular complexity index is 1660. The normalized spacial score (nSPS) is 16.6. The van der Waals surface area contributed by atoms with Gasteiger partial charge in [-0.25, -0.2) is 4.79 Å². The van der Waals surface area contributed by atoms with Gasteiger partial charge in [0.15, 0.2) is 17.5 Å². The molecule has 2 aromatic rings. The van der Waals surface area contributed by atoms with Gasteiger partial charge >= 0.3 is 18.4 Å². The molecule has 320 valence electrons. The minimum atomic E-state index is -4.97. The van der Waals surface area contributed by atoms with E-state index < -0.39 is 76.3 Å². The van der Waals surface area contributed by atoms with Crippen LogP contribution in [0.25, 0.3) is 0 Å². The van der Waals surface area contributed by atoms with E-state index in [1.807, 2.05) is 0 Å². The number of halogens is 6. The summed E-state index contributed by atoms with van der Waals surface area (Å²) in [6, 6.07) is 1.21. The minimum Gasteiger partial charge on any atom is -0.485 e. The Morgan fingerprint density at radius 1 is 0.690 bits per heavy atom. The minimum absolute atomic E-state index is 0.0899. The number of hydrogen-bond donors (Lipinski definition) is 11. The summed E-state index contributed by atoms with van der Waals surface area (Å²) in [7, 11) is 0. The molecule has 2 saturated heterocycles. The van der Waals surface area contributed by atoms with E-state index in [4.69, 9.17) is 26.0 Å². The molecule has 22 heteroatoms. The highest BCUT2D eigenvalue weighted by Gasteiger charge is 2.36. The third-order valence-electron chi connectivity index (χ3n) is 8.84. The fourth-order valence-corrected chi connectivity index (χ4v) is 6.02. The van der Waals surface area contributed by atoms with Crippen molar-refractivity contribution in [2.45, 2.75) is 82.9 Å². The number of rotatable bonds is 18. The van der Waals surface area contributed by atoms with Crippen LogP contribution < -0.4 is 57.7 Å². The van der Waals surface area contributed by atoms with Gasteiger partial charge in [-0.2, -0.15) is 26.3 Å². The summed E-state index contributed by atoms with van der Waals surface area (Å²) in [5.41, 5.74) is 0.828. The van der Waals surface area contributed by atoms with Crippen LogP contribution in [-0.2, 0) is 21.9 Å². The summed E-state index contributed by atoms with van der Waals surface area (Å²) in [5.74, 6) is -1.98. The molecule has 0 aromatic heterocycles. The smallest absolute Gasteiger partial charge is 0.416 e. The molecule has 0 aliphatic carbocycles. The number of unbranched alkanes of at least 4 members (excludes halogenated alkanes) is 2. The highest BCUT2D eigenvalue weighted by molar-refractivity contribution is 6.05. The number of guanidine groups is 1. The lowest BCUT2D eigenvalue weighted by Crippen LogP contribution is -2.31. The number of carbonyl (C=O) groups is 3. The van der Waals surface area contributed by atoms with Crippen LogP contribution in [0, 0.1) is 10.8 Å². The average Bonchev–Trinajstić information content (AvgIpc) is 3.84. The van der Waals surface area contributed by atoms with Gasteiger partial charge in [-0.1, -0.05) is 0 Å². The fourth-order valence-electron chi connectivity index (χ4n) is 6.02. The first-order chi connectivity index (χ1) is 27.4. The monoisotopic (exact) mass is 829 g/mol. The Morgan fingerprint density at radius 2 is 1.09 bits per heavy atom. The number of anilines is 4. The second-order valence-corrected chi connectivity index (χ2v) is 13.7. The van der Waals surface area contributed by atoms with E-state index in [1.165, 1.54) is 0 Å². The van der Waals surface area contributed by atoms with Gasteiger partial charge in [-0.3, -0.25) is 20.4 Å². The molecule has 16 nitrogen and oxygen atoms in total. The predicted octanol–water partition coefficient (Wildman–Crippen LogP) is 5.14. The van der Waals surface area contributed by atoms with Gasteiger partial charge < -0.3 is 57.7 Å². The van der Waals surface area contributed by atoms with E-state index in [-0.39, 0.29) is 49.1 Å². The SMILES string of the molecule is CC(=N)NCCCCC(=O)Nc1cc(C(F)(F)F)cc(NC(=O)Nc2cc(C(F)(F)F)cc(NC(=O)CCCCNC(=N)N)c2OC2CCNC2)c1OC1CCNC1. The highest BCUT2D eigenvalue weighted by Crippen LogP contribution is 2.44. The molecule has 58 heavy (non-hydrogen) atoms. The maximum absolute atomic E-state index is 14.3. The standard InChI is InChI=1S/C36H49F6N11O5/c1-20(43)48-10-4-2-6-29(54)50-25-14-21(35(37,38)39)16-27(31(25)57-23-8-12-46-18-23)52-34(56)53-28-17-22(36(40,41)42)15-26(32(28)58-24-9-13-47-19-24)51-30(55)7-3-5-11-49-33(44)45/h14-17,23-24,46-47H,2-13,18-19H2,1H3,(H2,43,48)(H,50,54)(H,51,55)(H4,44,45,49)(H2,52,53,56). The van der Waals surface area contributed by atoms with Gasteiger partial charge in [-0.15, -0.1) is 0 Å². The maximum Gasteiger partial charge on any atom is 0.416 e. The van der Waals surface area contributed by atoms with Crippen LogP contribution in [0.2, 0.25) is 0 Å². The fraction of sp³-hybridized carbons (Fsp3) is 0.528. The zero-order chi connectivity index (χ0) is 42.5. The summed E-state index contributed by atoms with van der Waals surface area (Å²) < 4.78 is 97.7. The summed E-state index contributed by atoms with van der Waals surface area (Å²) >= 11 is 0. The van der Waals surface area contributed by atoms with Crippen LogP contribution in [0.1, 0.15) is 69.4 Å². The van der Waals surface area contributed by atoms with E-state index in [9.17, 15) is 40.7 Å². The van der Waals surface area contributed by atoms with Crippen molar-refractivity contribution in [3.63, 3.8) is 0 Å². The number of ether oxygens (including phenoxy) is 2. The summed E-state index contributed by atoms with van der Waals surface area (Å²) in [6.07, 6.45) is -8.94. The van der Waals surface area contributed by atoms with Gasteiger partial charge in [-0.05, 0) is 82.8 Å². The number of hydrogen-bond acceptors (Lipinski definition) is 9. The quantitative estimate of drug-likeness (QED) is 0.0410. The average molecular weight is 830 g/mol. The molecule has 2 aliphatic heterocycles. The molecule has 12 N–H and O–H groups in total. The van der Waals surface area contributed by atoms with Crippen molar-refractivity contribution in [2.24, 2.45) is 5.73 Å². The first-order valence-corrected chi connectivity index (χ1v) is 18.7. The van der Waals surface area contributed by atoms with Crippen LogP contribution in [0.3, 0.4) is 0 Å². The van der Waals surface area contributed by atoms with Crippen LogP contribution in [0.5, 0.6) is 11.5 Å². The van der Waals surface area contributed by atoms with Crippen LogP contribution in [-0.4, -0.2) is 81.1 Å². The molecule has 2 heterocycles. The second kappa shape index (κ2) is 20.8. The van der Waals surface area contributed by atoms with Crippen molar-refractivity contribution in [2.75, 3.05) is 60.5 Å². The lowest BCUT2D eigenvalue weighted by atomic mass is 10.1. The molecule has 0 saturated carbocycles. The molecule has 0 spiro atoms. The molecule has 0 radical (unpaired) electrons. The van der Waals surface area contributed by atoms with Gasteiger partial charge in [0.25, 0.3) is 0 Å². The molecule has 4 rings (SSSR count). The van der Waals surface area contributed by atoms with Crippen LogP contribution in [0.4, 0.5) is 53.9 Å². The number of nitrogens with one attached hydrogen (secondary N) is 10. The van der Waals surface area contributed by atoms with E-state index in [0.717, 1.165) is 0 Å². The number of benzene rings is 2. The van der Waals surface area contributed by atoms with Gasteiger partial charge in [0.1, 0.15) is 12.2 Å². The van der Waals surface area contributed by atoms with Crippen molar-refractivity contribution in [3.8, 4) is 11.5 Å². The topological polar surface area (TPSA) is 240 Å². The second-order valence-electron chi connectivity index (χ2n) is 13.7. The first kappa shape index (κ1) is 45.2. The number of urea groups is 1. The molecule has 2 unspecified atom stereocenters. The number of nitrogens with two attached hydrogens (primary N) is 1. The molecule has 2 atom stereocenters.